The second-order valence-electron chi connectivity index (χ2n) is 21.3. The van der Waals surface area contributed by atoms with Crippen LogP contribution in [0.3, 0.4) is 0 Å². The maximum Gasteiger partial charge on any atom is 0.306 e. The van der Waals surface area contributed by atoms with E-state index in [-0.39, 0.29) is 31.1 Å². The molecule has 0 aromatic carbocycles. The van der Waals surface area contributed by atoms with E-state index < -0.39 is 6.10 Å². The highest BCUT2D eigenvalue weighted by Crippen LogP contribution is 2.15. The molecule has 1 unspecified atom stereocenters. The molecule has 0 saturated carbocycles. The zero-order chi connectivity index (χ0) is 58.5. The Hall–Kier alpha value is -4.97. The van der Waals surface area contributed by atoms with Crippen molar-refractivity contribution in [2.45, 2.75) is 284 Å². The highest BCUT2D eigenvalue weighted by atomic mass is 16.6. The van der Waals surface area contributed by atoms with E-state index in [1.54, 1.807) is 0 Å². The highest BCUT2D eigenvalue weighted by molar-refractivity contribution is 5.71. The molecule has 6 heteroatoms. The van der Waals surface area contributed by atoms with Gasteiger partial charge in [0.15, 0.2) is 6.10 Å². The Morgan fingerprint density at radius 3 is 0.790 bits per heavy atom. The van der Waals surface area contributed by atoms with Crippen LogP contribution in [0.4, 0.5) is 0 Å². The van der Waals surface area contributed by atoms with Crippen LogP contribution in [0.25, 0.3) is 0 Å². The zero-order valence-corrected chi connectivity index (χ0v) is 52.2. The predicted octanol–water partition coefficient (Wildman–Crippen LogP) is 22.9. The van der Waals surface area contributed by atoms with Gasteiger partial charge in [-0.2, -0.15) is 0 Å². The Morgan fingerprint density at radius 1 is 0.259 bits per heavy atom. The molecular weight excluding hydrogens is 997 g/mol. The Labute approximate surface area is 499 Å². The van der Waals surface area contributed by atoms with Crippen molar-refractivity contribution in [3.05, 3.63) is 158 Å². The summed E-state index contributed by atoms with van der Waals surface area (Å²) in [6.07, 6.45) is 98.3. The molecule has 0 aliphatic carbocycles. The van der Waals surface area contributed by atoms with E-state index in [2.05, 4.69) is 179 Å². The van der Waals surface area contributed by atoms with Gasteiger partial charge in [-0.1, -0.05) is 269 Å². The van der Waals surface area contributed by atoms with Gasteiger partial charge in [-0.05, 0) is 148 Å². The van der Waals surface area contributed by atoms with Gasteiger partial charge in [0, 0.05) is 19.3 Å². The summed E-state index contributed by atoms with van der Waals surface area (Å²) in [5.41, 5.74) is 0. The molecule has 81 heavy (non-hydrogen) atoms. The van der Waals surface area contributed by atoms with E-state index in [1.165, 1.54) is 96.3 Å². The summed E-state index contributed by atoms with van der Waals surface area (Å²) in [5.74, 6) is -0.989. The lowest BCUT2D eigenvalue weighted by atomic mass is 10.0. The average Bonchev–Trinajstić information content (AvgIpc) is 3.46. The fourth-order valence-electron chi connectivity index (χ4n) is 8.62. The maximum absolute atomic E-state index is 12.9. The van der Waals surface area contributed by atoms with Crippen LogP contribution in [0.1, 0.15) is 278 Å². The van der Waals surface area contributed by atoms with E-state index in [0.717, 1.165) is 135 Å². The standard InChI is InChI=1S/C75H120O6/c1-4-7-10-13-16-19-22-25-27-29-31-33-35-36-37-38-40-41-43-45-47-50-53-56-59-62-65-68-74(77)80-71-72(70-79-73(76)67-64-61-58-55-52-49-24-21-18-15-12-9-6-3)81-75(78)69-66-63-60-57-54-51-48-46-44-42-39-34-32-30-28-26-23-20-17-14-11-8-5-2/h7,9-10,12,16,18-19,21,23,25-27,30-33,36-37,40-41,45,47,49,52-53,56,72H,4-6,8,11,13-15,17,20,22,24,28-29,34-35,38-39,42-44,46,48,50-51,54-55,57-71H2,1-3H3/b10-7-,12-9-,19-16-,21-18-,26-23-,27-25-,32-30-,33-31-,37-36-,41-40-,47-45-,52-49-,56-53-. The first-order chi connectivity index (χ1) is 40.0. The van der Waals surface area contributed by atoms with Crippen LogP contribution in [0.15, 0.2) is 158 Å². The summed E-state index contributed by atoms with van der Waals surface area (Å²) < 4.78 is 16.9. The summed E-state index contributed by atoms with van der Waals surface area (Å²) in [7, 11) is 0. The number of esters is 3. The Bertz CT molecular complexity index is 1810. The maximum atomic E-state index is 12.9. The first kappa shape index (κ1) is 76.0. The molecule has 0 spiro atoms. The van der Waals surface area contributed by atoms with Crippen LogP contribution < -0.4 is 0 Å². The number of hydrogen-bond donors (Lipinski definition) is 0. The summed E-state index contributed by atoms with van der Waals surface area (Å²) >= 11 is 0. The number of ether oxygens (including phenoxy) is 3. The number of carbonyl (C=O) groups excluding carboxylic acids is 3. The molecular formula is C75H120O6. The fraction of sp³-hybridized carbons (Fsp3) is 0.613. The molecule has 0 bridgehead atoms. The van der Waals surface area contributed by atoms with Crippen LogP contribution in [0.2, 0.25) is 0 Å². The minimum atomic E-state index is -0.818. The normalized spacial score (nSPS) is 13.2. The zero-order valence-electron chi connectivity index (χ0n) is 52.2. The molecule has 0 rings (SSSR count). The number of carbonyl (C=O) groups is 3. The smallest absolute Gasteiger partial charge is 0.306 e. The van der Waals surface area contributed by atoms with Crippen molar-refractivity contribution in [2.24, 2.45) is 0 Å². The van der Waals surface area contributed by atoms with E-state index in [9.17, 15) is 14.4 Å². The van der Waals surface area contributed by atoms with E-state index >= 15 is 0 Å². The molecule has 1 atom stereocenters. The quantitative estimate of drug-likeness (QED) is 0.0261. The van der Waals surface area contributed by atoms with Gasteiger partial charge < -0.3 is 14.2 Å². The molecule has 0 saturated heterocycles. The van der Waals surface area contributed by atoms with E-state index in [1.807, 2.05) is 0 Å². The lowest BCUT2D eigenvalue weighted by molar-refractivity contribution is -0.167. The van der Waals surface area contributed by atoms with Crippen molar-refractivity contribution in [2.75, 3.05) is 13.2 Å². The van der Waals surface area contributed by atoms with Gasteiger partial charge in [0.1, 0.15) is 13.2 Å². The molecule has 0 radical (unpaired) electrons. The van der Waals surface area contributed by atoms with Crippen LogP contribution in [-0.2, 0) is 28.6 Å². The second-order valence-corrected chi connectivity index (χ2v) is 21.3. The van der Waals surface area contributed by atoms with Crippen molar-refractivity contribution in [3.8, 4) is 0 Å². The van der Waals surface area contributed by atoms with Crippen molar-refractivity contribution in [1.29, 1.82) is 0 Å². The van der Waals surface area contributed by atoms with E-state index in [0.29, 0.717) is 25.7 Å². The molecule has 0 amide bonds. The van der Waals surface area contributed by atoms with Crippen molar-refractivity contribution in [1.82, 2.24) is 0 Å². The van der Waals surface area contributed by atoms with Crippen LogP contribution in [-0.4, -0.2) is 37.2 Å². The number of hydrogen-bond acceptors (Lipinski definition) is 6. The van der Waals surface area contributed by atoms with E-state index in [4.69, 9.17) is 14.2 Å². The van der Waals surface area contributed by atoms with Gasteiger partial charge in [-0.3, -0.25) is 14.4 Å². The number of allylic oxidation sites excluding steroid dienone is 26. The van der Waals surface area contributed by atoms with Crippen molar-refractivity contribution in [3.63, 3.8) is 0 Å². The number of rotatable bonds is 58. The van der Waals surface area contributed by atoms with Gasteiger partial charge in [-0.15, -0.1) is 0 Å². The molecule has 0 aromatic rings. The van der Waals surface area contributed by atoms with Gasteiger partial charge >= 0.3 is 17.9 Å². The minimum Gasteiger partial charge on any atom is -0.462 e. The molecule has 0 fully saturated rings. The fourth-order valence-corrected chi connectivity index (χ4v) is 8.62. The Balaban J connectivity index is 4.45. The van der Waals surface area contributed by atoms with Gasteiger partial charge in [0.05, 0.1) is 0 Å². The summed E-state index contributed by atoms with van der Waals surface area (Å²) in [6, 6.07) is 0. The molecule has 0 aliphatic heterocycles. The largest absolute Gasteiger partial charge is 0.462 e. The molecule has 0 aromatic heterocycles. The lowest BCUT2D eigenvalue weighted by Crippen LogP contribution is -2.30. The van der Waals surface area contributed by atoms with Gasteiger partial charge in [-0.25, -0.2) is 0 Å². The summed E-state index contributed by atoms with van der Waals surface area (Å²) in [6.45, 7) is 6.34. The van der Waals surface area contributed by atoms with Gasteiger partial charge in [0.2, 0.25) is 0 Å². The van der Waals surface area contributed by atoms with Crippen LogP contribution in [0.5, 0.6) is 0 Å². The third-order valence-electron chi connectivity index (χ3n) is 13.5. The Kier molecular flexibility index (Phi) is 63.4. The average molecular weight is 1120 g/mol. The van der Waals surface area contributed by atoms with Crippen molar-refractivity contribution < 1.29 is 28.6 Å². The Morgan fingerprint density at radius 2 is 0.481 bits per heavy atom. The van der Waals surface area contributed by atoms with Crippen LogP contribution in [0, 0.1) is 0 Å². The highest BCUT2D eigenvalue weighted by Gasteiger charge is 2.19. The molecule has 6 nitrogen and oxygen atoms in total. The predicted molar refractivity (Wildman–Crippen MR) is 352 cm³/mol. The van der Waals surface area contributed by atoms with Crippen LogP contribution >= 0.6 is 0 Å². The lowest BCUT2D eigenvalue weighted by Gasteiger charge is -2.18. The molecule has 0 N–H and O–H groups in total. The van der Waals surface area contributed by atoms with Crippen molar-refractivity contribution >= 4 is 17.9 Å². The first-order valence-electron chi connectivity index (χ1n) is 33.0. The summed E-state index contributed by atoms with van der Waals surface area (Å²) in [5, 5.41) is 0. The molecule has 0 heterocycles. The third-order valence-corrected chi connectivity index (χ3v) is 13.5. The number of unbranched alkanes of at least 4 members (excludes halogenated alkanes) is 21. The summed E-state index contributed by atoms with van der Waals surface area (Å²) in [4.78, 5) is 38.3. The topological polar surface area (TPSA) is 78.9 Å². The second kappa shape index (κ2) is 67.5. The minimum absolute atomic E-state index is 0.114. The first-order valence-corrected chi connectivity index (χ1v) is 33.0. The third kappa shape index (κ3) is 65.7. The monoisotopic (exact) mass is 1120 g/mol. The van der Waals surface area contributed by atoms with Gasteiger partial charge in [0.25, 0.3) is 0 Å². The SMILES string of the molecule is CC/C=C\C/C=C\C/C=C\C/C=C\C/C=C\C/C=C\C/C=C\C/C=C\CCCCC(=O)OCC(COC(=O)CCCCC/C=C\C/C=C\C/C=C\CC)OC(=O)CCCCCCCCCCCCC/C=C\C/C=C\CCCCCCC. The molecule has 0 aliphatic rings. The molecule has 456 valence electrons.